The van der Waals surface area contributed by atoms with Gasteiger partial charge in [0, 0.05) is 0 Å². The Kier molecular flexibility index (Phi) is 3.19. The first-order valence-electron chi connectivity index (χ1n) is 2.59. The van der Waals surface area contributed by atoms with Crippen molar-refractivity contribution in [3.8, 4) is 0 Å². The minimum absolute atomic E-state index is 0.124. The molecule has 6 heteroatoms. The largest absolute Gasteiger partial charge is 0.481 e. The van der Waals surface area contributed by atoms with Crippen LogP contribution in [0.1, 0.15) is 0 Å². The quantitative estimate of drug-likeness (QED) is 0.336. The zero-order chi connectivity index (χ0) is 9.02. The second-order valence-corrected chi connectivity index (χ2v) is 1.78. The lowest BCUT2D eigenvalue weighted by Gasteiger charge is -2.07. The Bertz CT molecular complexity index is 185. The fourth-order valence-corrected chi connectivity index (χ4v) is 0.421. The highest BCUT2D eigenvalue weighted by molar-refractivity contribution is 5.93. The van der Waals surface area contributed by atoms with E-state index in [0.29, 0.717) is 0 Å². The average Bonchev–Trinajstić information content (AvgIpc) is 1.88. The molecule has 0 aliphatic carbocycles. The Balaban J connectivity index is 4.37. The van der Waals surface area contributed by atoms with Gasteiger partial charge in [0.05, 0.1) is 0 Å². The van der Waals surface area contributed by atoms with E-state index in [2.05, 4.69) is 0 Å². The van der Waals surface area contributed by atoms with E-state index in [1.807, 2.05) is 0 Å². The van der Waals surface area contributed by atoms with Crippen LogP contribution in [-0.2, 0) is 14.4 Å². The van der Waals surface area contributed by atoms with Gasteiger partial charge in [0.25, 0.3) is 0 Å². The molecule has 0 radical (unpaired) electrons. The Morgan fingerprint density at radius 2 is 1.64 bits per heavy atom. The number of aliphatic hydroxyl groups is 1. The number of rotatable bonds is 4. The zero-order valence-electron chi connectivity index (χ0n) is 5.30. The van der Waals surface area contributed by atoms with E-state index in [0.717, 1.165) is 0 Å². The summed E-state index contributed by atoms with van der Waals surface area (Å²) in [7, 11) is 0. The molecular weight excluding hydrogens is 156 g/mol. The molecule has 0 aliphatic heterocycles. The first-order chi connectivity index (χ1) is 5.00. The highest BCUT2D eigenvalue weighted by atomic mass is 16.4. The molecule has 0 rings (SSSR count). The van der Waals surface area contributed by atoms with E-state index in [9.17, 15) is 14.4 Å². The highest BCUT2D eigenvalue weighted by Gasteiger charge is 2.31. The monoisotopic (exact) mass is 162 g/mol. The third-order valence-corrected chi connectivity index (χ3v) is 1.02. The van der Waals surface area contributed by atoms with E-state index in [1.54, 1.807) is 0 Å². The Morgan fingerprint density at radius 3 is 1.73 bits per heavy atom. The van der Waals surface area contributed by atoms with Gasteiger partial charge >= 0.3 is 11.9 Å². The van der Waals surface area contributed by atoms with E-state index < -0.39 is 24.0 Å². The molecule has 11 heavy (non-hydrogen) atoms. The normalized spacial score (nSPS) is 15.0. The minimum Gasteiger partial charge on any atom is -0.481 e. The highest BCUT2D eigenvalue weighted by Crippen LogP contribution is 2.00. The predicted octanol–water partition coefficient (Wildman–Crippen LogP) is -1.67. The van der Waals surface area contributed by atoms with E-state index in [-0.39, 0.29) is 6.29 Å². The fourth-order valence-electron chi connectivity index (χ4n) is 0.421. The van der Waals surface area contributed by atoms with E-state index >= 15 is 0 Å². The summed E-state index contributed by atoms with van der Waals surface area (Å²) in [4.78, 5) is 29.8. The molecule has 0 bridgehead atoms. The number of hydrogen-bond acceptors (Lipinski definition) is 4. The molecule has 0 saturated heterocycles. The van der Waals surface area contributed by atoms with Gasteiger partial charge in [0.2, 0.25) is 0 Å². The number of carboxylic acids is 2. The zero-order valence-corrected chi connectivity index (χ0v) is 5.30. The van der Waals surface area contributed by atoms with Crippen LogP contribution in [0.15, 0.2) is 0 Å². The van der Waals surface area contributed by atoms with Crippen LogP contribution in [0.5, 0.6) is 0 Å². The number of carbonyl (C=O) groups excluding carboxylic acids is 1. The lowest BCUT2D eigenvalue weighted by Crippen LogP contribution is -2.35. The van der Waals surface area contributed by atoms with Crippen molar-refractivity contribution in [2.75, 3.05) is 0 Å². The van der Waals surface area contributed by atoms with Gasteiger partial charge in [-0.3, -0.25) is 4.79 Å². The molecule has 2 atom stereocenters. The van der Waals surface area contributed by atoms with E-state index in [4.69, 9.17) is 15.3 Å². The average molecular weight is 162 g/mol. The smallest absolute Gasteiger partial charge is 0.333 e. The van der Waals surface area contributed by atoms with Crippen LogP contribution in [0.2, 0.25) is 0 Å². The molecule has 2 unspecified atom stereocenters. The Morgan fingerprint density at radius 1 is 1.18 bits per heavy atom. The van der Waals surface area contributed by atoms with Crippen LogP contribution >= 0.6 is 0 Å². The molecule has 0 heterocycles. The summed E-state index contributed by atoms with van der Waals surface area (Å²) >= 11 is 0. The molecule has 0 amide bonds. The van der Waals surface area contributed by atoms with Gasteiger partial charge in [-0.15, -0.1) is 0 Å². The SMILES string of the molecule is O=CC(C(=O)O)C(O)C(=O)O. The number of carboxylic acid groups (broad SMARTS) is 2. The van der Waals surface area contributed by atoms with Gasteiger partial charge in [-0.25, -0.2) is 4.79 Å². The van der Waals surface area contributed by atoms with Crippen LogP contribution in [0.25, 0.3) is 0 Å². The summed E-state index contributed by atoms with van der Waals surface area (Å²) < 4.78 is 0. The summed E-state index contributed by atoms with van der Waals surface area (Å²) in [6.07, 6.45) is -2.30. The summed E-state index contributed by atoms with van der Waals surface area (Å²) in [6.45, 7) is 0. The van der Waals surface area contributed by atoms with Crippen LogP contribution < -0.4 is 0 Å². The van der Waals surface area contributed by atoms with Crippen molar-refractivity contribution in [1.82, 2.24) is 0 Å². The first-order valence-corrected chi connectivity index (χ1v) is 2.59. The molecule has 0 spiro atoms. The van der Waals surface area contributed by atoms with Crippen LogP contribution in [0.3, 0.4) is 0 Å². The molecular formula is C5H6O6. The molecule has 0 aromatic carbocycles. The summed E-state index contributed by atoms with van der Waals surface area (Å²) in [5, 5.41) is 24.7. The number of aliphatic hydroxyl groups excluding tert-OH is 1. The van der Waals surface area contributed by atoms with Crippen molar-refractivity contribution >= 4 is 18.2 Å². The Hall–Kier alpha value is -1.43. The molecule has 6 nitrogen and oxygen atoms in total. The number of aliphatic carboxylic acids is 2. The van der Waals surface area contributed by atoms with Crippen LogP contribution in [-0.4, -0.2) is 39.6 Å². The topological polar surface area (TPSA) is 112 Å². The molecule has 0 aromatic rings. The molecule has 0 saturated carbocycles. The van der Waals surface area contributed by atoms with Crippen LogP contribution in [0, 0.1) is 5.92 Å². The molecule has 0 aromatic heterocycles. The van der Waals surface area contributed by atoms with Gasteiger partial charge in [-0.05, 0) is 0 Å². The van der Waals surface area contributed by atoms with Crippen LogP contribution in [0.4, 0.5) is 0 Å². The minimum atomic E-state index is -2.18. The lowest BCUT2D eigenvalue weighted by molar-refractivity contribution is -0.160. The molecule has 62 valence electrons. The van der Waals surface area contributed by atoms with Crippen molar-refractivity contribution in [3.63, 3.8) is 0 Å². The van der Waals surface area contributed by atoms with Gasteiger partial charge in [-0.1, -0.05) is 0 Å². The van der Waals surface area contributed by atoms with Crippen molar-refractivity contribution in [2.45, 2.75) is 6.10 Å². The summed E-state index contributed by atoms with van der Waals surface area (Å²) in [6, 6.07) is 0. The van der Waals surface area contributed by atoms with Gasteiger partial charge < -0.3 is 20.1 Å². The predicted molar refractivity (Wildman–Crippen MR) is 30.8 cm³/mol. The van der Waals surface area contributed by atoms with Crippen molar-refractivity contribution < 1.29 is 29.7 Å². The number of hydrogen-bond donors (Lipinski definition) is 3. The molecule has 3 N–H and O–H groups in total. The van der Waals surface area contributed by atoms with Gasteiger partial charge in [-0.2, -0.15) is 0 Å². The number of aldehydes is 1. The lowest BCUT2D eigenvalue weighted by atomic mass is 10.1. The van der Waals surface area contributed by atoms with Gasteiger partial charge in [0.15, 0.2) is 6.10 Å². The van der Waals surface area contributed by atoms with Crippen molar-refractivity contribution in [2.24, 2.45) is 5.92 Å². The van der Waals surface area contributed by atoms with Gasteiger partial charge in [0.1, 0.15) is 12.2 Å². The molecule has 0 fully saturated rings. The van der Waals surface area contributed by atoms with Crippen molar-refractivity contribution in [3.05, 3.63) is 0 Å². The standard InChI is InChI=1S/C5H6O6/c6-1-2(4(8)9)3(7)5(10)11/h1-3,7H,(H,8,9)(H,10,11). The second-order valence-electron chi connectivity index (χ2n) is 1.78. The first kappa shape index (κ1) is 9.57. The third-order valence-electron chi connectivity index (χ3n) is 1.02. The fraction of sp³-hybridized carbons (Fsp3) is 0.400. The summed E-state index contributed by atoms with van der Waals surface area (Å²) in [5.74, 6) is -5.29. The number of carbonyl (C=O) groups is 3. The maximum atomic E-state index is 10.0. The third kappa shape index (κ3) is 2.34. The second kappa shape index (κ2) is 3.67. The van der Waals surface area contributed by atoms with Crippen molar-refractivity contribution in [1.29, 1.82) is 0 Å². The maximum absolute atomic E-state index is 10.0. The maximum Gasteiger partial charge on any atom is 0.333 e. The molecule has 0 aliphatic rings. The Labute approximate surface area is 61.1 Å². The van der Waals surface area contributed by atoms with E-state index in [1.165, 1.54) is 0 Å². The summed E-state index contributed by atoms with van der Waals surface area (Å²) in [5.41, 5.74) is 0.